The maximum absolute atomic E-state index is 13.4. The number of aryl methyl sites for hydroxylation is 1. The molecule has 3 nitrogen and oxygen atoms in total. The number of nitrogens with zero attached hydrogens (tertiary/aromatic N) is 1. The molecule has 0 aliphatic heterocycles. The van der Waals surface area contributed by atoms with Crippen LogP contribution in [-0.2, 0) is 4.74 Å². The zero-order chi connectivity index (χ0) is 11.7. The van der Waals surface area contributed by atoms with E-state index in [4.69, 9.17) is 0 Å². The quantitative estimate of drug-likeness (QED) is 0.691. The third-order valence-electron chi connectivity index (χ3n) is 2.46. The summed E-state index contributed by atoms with van der Waals surface area (Å²) in [4.78, 5) is 15.2. The molecule has 1 aromatic carbocycles. The standard InChI is InChI=1S/C12H10FNO2/c1-7-10-5-8(12(15)16-2)3-4-9(10)11(13)6-14-7/h3-6H,1-2H3. The third-order valence-corrected chi connectivity index (χ3v) is 2.46. The Morgan fingerprint density at radius 3 is 2.81 bits per heavy atom. The van der Waals surface area contributed by atoms with E-state index in [0.717, 1.165) is 0 Å². The van der Waals surface area contributed by atoms with Gasteiger partial charge in [-0.15, -0.1) is 0 Å². The van der Waals surface area contributed by atoms with E-state index in [9.17, 15) is 9.18 Å². The zero-order valence-corrected chi connectivity index (χ0v) is 8.95. The van der Waals surface area contributed by atoms with Gasteiger partial charge in [0.15, 0.2) is 0 Å². The van der Waals surface area contributed by atoms with Crippen molar-refractivity contribution in [1.82, 2.24) is 4.98 Å². The lowest BCUT2D eigenvalue weighted by molar-refractivity contribution is 0.0601. The lowest BCUT2D eigenvalue weighted by atomic mass is 10.1. The summed E-state index contributed by atoms with van der Waals surface area (Å²) in [7, 11) is 1.31. The summed E-state index contributed by atoms with van der Waals surface area (Å²) in [5, 5.41) is 1.09. The highest BCUT2D eigenvalue weighted by atomic mass is 19.1. The van der Waals surface area contributed by atoms with Crippen LogP contribution in [0.5, 0.6) is 0 Å². The topological polar surface area (TPSA) is 39.2 Å². The summed E-state index contributed by atoms with van der Waals surface area (Å²) in [6.45, 7) is 1.77. The Bertz CT molecular complexity index is 566. The van der Waals surface area contributed by atoms with Crippen LogP contribution in [0, 0.1) is 12.7 Å². The van der Waals surface area contributed by atoms with Crippen molar-refractivity contribution in [3.05, 3.63) is 41.5 Å². The molecule has 0 N–H and O–H groups in total. The van der Waals surface area contributed by atoms with Crippen LogP contribution < -0.4 is 0 Å². The Kier molecular flexibility index (Phi) is 2.56. The largest absolute Gasteiger partial charge is 0.465 e. The fraction of sp³-hybridized carbons (Fsp3) is 0.167. The van der Waals surface area contributed by atoms with Gasteiger partial charge in [0.05, 0.1) is 18.9 Å². The van der Waals surface area contributed by atoms with Gasteiger partial charge in [0, 0.05) is 16.5 Å². The first-order chi connectivity index (χ1) is 7.63. The van der Waals surface area contributed by atoms with Crippen LogP contribution in [0.15, 0.2) is 24.4 Å². The molecule has 2 aromatic rings. The normalized spacial score (nSPS) is 10.4. The molecule has 0 spiro atoms. The van der Waals surface area contributed by atoms with E-state index in [1.165, 1.54) is 19.4 Å². The summed E-state index contributed by atoms with van der Waals surface area (Å²) in [5.74, 6) is -0.831. The molecule has 0 aliphatic carbocycles. The SMILES string of the molecule is COC(=O)c1ccc2c(F)cnc(C)c2c1. The molecule has 0 unspecified atom stereocenters. The van der Waals surface area contributed by atoms with E-state index in [1.807, 2.05) is 0 Å². The number of carbonyl (C=O) groups is 1. The van der Waals surface area contributed by atoms with E-state index in [0.29, 0.717) is 22.0 Å². The monoisotopic (exact) mass is 219 g/mol. The molecule has 0 fully saturated rings. The Morgan fingerprint density at radius 1 is 1.38 bits per heavy atom. The lowest BCUT2D eigenvalue weighted by Crippen LogP contribution is -2.01. The fourth-order valence-electron chi connectivity index (χ4n) is 1.59. The molecule has 0 amide bonds. The minimum absolute atomic E-state index is 0.392. The number of benzene rings is 1. The summed E-state index contributed by atoms with van der Waals surface area (Å²) >= 11 is 0. The first-order valence-corrected chi connectivity index (χ1v) is 4.76. The van der Waals surface area contributed by atoms with Crippen LogP contribution in [0.3, 0.4) is 0 Å². The minimum Gasteiger partial charge on any atom is -0.465 e. The maximum atomic E-state index is 13.4. The van der Waals surface area contributed by atoms with Crippen molar-refractivity contribution in [2.45, 2.75) is 6.92 Å². The van der Waals surface area contributed by atoms with Crippen molar-refractivity contribution in [3.8, 4) is 0 Å². The number of carbonyl (C=O) groups excluding carboxylic acids is 1. The molecule has 0 saturated heterocycles. The van der Waals surface area contributed by atoms with Crippen LogP contribution in [0.4, 0.5) is 4.39 Å². The molecule has 0 bridgehead atoms. The second-order valence-electron chi connectivity index (χ2n) is 3.44. The van der Waals surface area contributed by atoms with E-state index >= 15 is 0 Å². The lowest BCUT2D eigenvalue weighted by Gasteiger charge is -2.04. The van der Waals surface area contributed by atoms with Crippen LogP contribution >= 0.6 is 0 Å². The highest BCUT2D eigenvalue weighted by Gasteiger charge is 2.09. The number of aromatic nitrogens is 1. The van der Waals surface area contributed by atoms with Gasteiger partial charge in [-0.1, -0.05) is 6.07 Å². The van der Waals surface area contributed by atoms with Crippen molar-refractivity contribution in [1.29, 1.82) is 0 Å². The average Bonchev–Trinajstić information content (AvgIpc) is 2.32. The average molecular weight is 219 g/mol. The van der Waals surface area contributed by atoms with Gasteiger partial charge >= 0.3 is 5.97 Å². The first kappa shape index (κ1) is 10.5. The number of hydrogen-bond acceptors (Lipinski definition) is 3. The molecule has 1 aromatic heterocycles. The van der Waals surface area contributed by atoms with Gasteiger partial charge in [0.1, 0.15) is 5.82 Å². The predicted octanol–water partition coefficient (Wildman–Crippen LogP) is 2.47. The molecule has 0 aliphatic rings. The number of fused-ring (bicyclic) bond motifs is 1. The molecule has 0 atom stereocenters. The maximum Gasteiger partial charge on any atom is 0.337 e. The third kappa shape index (κ3) is 1.62. The molecule has 1 heterocycles. The van der Waals surface area contributed by atoms with Gasteiger partial charge in [-0.3, -0.25) is 4.98 Å². The second kappa shape index (κ2) is 3.89. The zero-order valence-electron chi connectivity index (χ0n) is 8.95. The number of rotatable bonds is 1. The van der Waals surface area contributed by atoms with Gasteiger partial charge < -0.3 is 4.74 Å². The summed E-state index contributed by atoms with van der Waals surface area (Å²) in [6.07, 6.45) is 1.18. The Hall–Kier alpha value is -1.97. The fourth-order valence-corrected chi connectivity index (χ4v) is 1.59. The Labute approximate surface area is 91.9 Å². The van der Waals surface area contributed by atoms with Gasteiger partial charge in [-0.05, 0) is 19.1 Å². The molecule has 4 heteroatoms. The summed E-state index contributed by atoms with van der Waals surface area (Å²) < 4.78 is 18.0. The van der Waals surface area contributed by atoms with E-state index < -0.39 is 11.8 Å². The molecule has 2 rings (SSSR count). The molecule has 0 radical (unpaired) electrons. The predicted molar refractivity (Wildman–Crippen MR) is 57.8 cm³/mol. The summed E-state index contributed by atoms with van der Waals surface area (Å²) in [5.41, 5.74) is 1.08. The number of esters is 1. The highest BCUT2D eigenvalue weighted by molar-refractivity contribution is 5.96. The second-order valence-corrected chi connectivity index (χ2v) is 3.44. The van der Waals surface area contributed by atoms with Crippen molar-refractivity contribution in [2.24, 2.45) is 0 Å². The van der Waals surface area contributed by atoms with Crippen molar-refractivity contribution < 1.29 is 13.9 Å². The Balaban J connectivity index is 2.70. The molecule has 16 heavy (non-hydrogen) atoms. The molecule has 82 valence electrons. The van der Waals surface area contributed by atoms with Crippen LogP contribution in [0.2, 0.25) is 0 Å². The molecular weight excluding hydrogens is 209 g/mol. The van der Waals surface area contributed by atoms with Crippen LogP contribution in [0.25, 0.3) is 10.8 Å². The van der Waals surface area contributed by atoms with Gasteiger partial charge in [0.2, 0.25) is 0 Å². The van der Waals surface area contributed by atoms with Crippen molar-refractivity contribution in [3.63, 3.8) is 0 Å². The summed E-state index contributed by atoms with van der Waals surface area (Å²) in [6, 6.07) is 4.69. The van der Waals surface area contributed by atoms with Crippen molar-refractivity contribution in [2.75, 3.05) is 7.11 Å². The van der Waals surface area contributed by atoms with Crippen LogP contribution in [-0.4, -0.2) is 18.1 Å². The molecule has 0 saturated carbocycles. The van der Waals surface area contributed by atoms with E-state index in [1.54, 1.807) is 19.1 Å². The Morgan fingerprint density at radius 2 is 2.12 bits per heavy atom. The van der Waals surface area contributed by atoms with Gasteiger partial charge in [-0.2, -0.15) is 0 Å². The van der Waals surface area contributed by atoms with Gasteiger partial charge in [-0.25, -0.2) is 9.18 Å². The highest BCUT2D eigenvalue weighted by Crippen LogP contribution is 2.21. The number of hydrogen-bond donors (Lipinski definition) is 0. The number of ether oxygens (including phenoxy) is 1. The van der Waals surface area contributed by atoms with Crippen LogP contribution in [0.1, 0.15) is 16.1 Å². The number of methoxy groups -OCH3 is 1. The minimum atomic E-state index is -0.439. The van der Waals surface area contributed by atoms with E-state index in [-0.39, 0.29) is 0 Å². The number of halogens is 1. The first-order valence-electron chi connectivity index (χ1n) is 4.76. The van der Waals surface area contributed by atoms with Crippen molar-refractivity contribution >= 4 is 16.7 Å². The van der Waals surface area contributed by atoms with E-state index in [2.05, 4.69) is 9.72 Å². The van der Waals surface area contributed by atoms with Gasteiger partial charge in [0.25, 0.3) is 0 Å². The molecular formula is C12H10FNO2. The number of pyridine rings is 1. The smallest absolute Gasteiger partial charge is 0.337 e.